The molecular formula is C20H26N6OS. The Hall–Kier alpha value is -2.06. The zero-order valence-corrected chi connectivity index (χ0v) is 16.7. The second kappa shape index (κ2) is 7.75. The first kappa shape index (κ1) is 18.0. The number of hydrogen-bond acceptors (Lipinski definition) is 7. The first-order chi connectivity index (χ1) is 13.8. The van der Waals surface area contributed by atoms with E-state index in [9.17, 15) is 4.79 Å². The summed E-state index contributed by atoms with van der Waals surface area (Å²) in [6, 6.07) is 4.64. The van der Waals surface area contributed by atoms with Crippen molar-refractivity contribution in [3.05, 3.63) is 35.6 Å². The van der Waals surface area contributed by atoms with Crippen LogP contribution in [-0.2, 0) is 0 Å². The van der Waals surface area contributed by atoms with E-state index in [4.69, 9.17) is 0 Å². The van der Waals surface area contributed by atoms with Gasteiger partial charge in [0.1, 0.15) is 5.51 Å². The molecule has 1 N–H and O–H groups in total. The van der Waals surface area contributed by atoms with Gasteiger partial charge in [0.05, 0.1) is 5.56 Å². The molecule has 0 aliphatic carbocycles. The van der Waals surface area contributed by atoms with Crippen LogP contribution in [0.5, 0.6) is 0 Å². The number of anilines is 1. The standard InChI is InChI=1S/C20H26N6OS/c27-19(14-4-3-6-21-9-14)22-10-18-16-8-15(17-5-1-2-7-26(17)18)11-25(12-16)20-24-23-13-28-20/h3-4,6,9,13,15-18H,1-2,5,7-8,10-12H2,(H,22,27)/t15-,16+,17+,18+/m1/s1. The molecule has 148 valence electrons. The van der Waals surface area contributed by atoms with Gasteiger partial charge in [0.25, 0.3) is 5.91 Å². The van der Waals surface area contributed by atoms with Crippen LogP contribution in [0.1, 0.15) is 36.0 Å². The van der Waals surface area contributed by atoms with Crippen molar-refractivity contribution in [2.24, 2.45) is 11.8 Å². The van der Waals surface area contributed by atoms with Crippen LogP contribution in [0, 0.1) is 11.8 Å². The monoisotopic (exact) mass is 398 g/mol. The molecule has 4 atom stereocenters. The van der Waals surface area contributed by atoms with E-state index in [1.54, 1.807) is 23.7 Å². The number of nitrogens with zero attached hydrogens (tertiary/aromatic N) is 5. The van der Waals surface area contributed by atoms with Gasteiger partial charge in [-0.05, 0) is 49.8 Å². The van der Waals surface area contributed by atoms with E-state index in [1.165, 1.54) is 25.7 Å². The van der Waals surface area contributed by atoms with Gasteiger partial charge in [0, 0.05) is 44.1 Å². The first-order valence-corrected chi connectivity index (χ1v) is 11.1. The van der Waals surface area contributed by atoms with Crippen molar-refractivity contribution in [3.63, 3.8) is 0 Å². The molecule has 28 heavy (non-hydrogen) atoms. The number of hydrogen-bond donors (Lipinski definition) is 1. The fourth-order valence-electron chi connectivity index (χ4n) is 5.45. The van der Waals surface area contributed by atoms with E-state index >= 15 is 0 Å². The summed E-state index contributed by atoms with van der Waals surface area (Å²) >= 11 is 1.63. The summed E-state index contributed by atoms with van der Waals surface area (Å²) in [6.45, 7) is 3.94. The Bertz CT molecular complexity index is 800. The normalized spacial score (nSPS) is 29.9. The molecule has 0 spiro atoms. The second-order valence-corrected chi connectivity index (χ2v) is 9.01. The molecule has 2 aromatic rings. The van der Waals surface area contributed by atoms with Crippen LogP contribution in [0.2, 0.25) is 0 Å². The molecule has 5 rings (SSSR count). The van der Waals surface area contributed by atoms with E-state index < -0.39 is 0 Å². The summed E-state index contributed by atoms with van der Waals surface area (Å²) in [5, 5.41) is 12.6. The summed E-state index contributed by atoms with van der Waals surface area (Å²) in [5.41, 5.74) is 2.45. The molecule has 0 aromatic carbocycles. The van der Waals surface area contributed by atoms with E-state index in [-0.39, 0.29) is 5.91 Å². The van der Waals surface area contributed by atoms with Crippen molar-refractivity contribution < 1.29 is 4.79 Å². The first-order valence-electron chi connectivity index (χ1n) is 10.2. The third-order valence-corrected chi connectivity index (χ3v) is 7.39. The molecule has 0 unspecified atom stereocenters. The fraction of sp³-hybridized carbons (Fsp3) is 0.600. The molecule has 0 radical (unpaired) electrons. The number of carbonyl (C=O) groups is 1. The molecular weight excluding hydrogens is 372 g/mol. The summed E-state index contributed by atoms with van der Waals surface area (Å²) in [7, 11) is 0. The lowest BCUT2D eigenvalue weighted by molar-refractivity contribution is -0.0306. The summed E-state index contributed by atoms with van der Waals surface area (Å²) in [5.74, 6) is 1.21. The highest BCUT2D eigenvalue weighted by molar-refractivity contribution is 7.13. The fourth-order valence-corrected chi connectivity index (χ4v) is 6.03. The lowest BCUT2D eigenvalue weighted by atomic mass is 9.72. The van der Waals surface area contributed by atoms with Crippen LogP contribution < -0.4 is 10.2 Å². The smallest absolute Gasteiger partial charge is 0.252 e. The predicted molar refractivity (Wildman–Crippen MR) is 108 cm³/mol. The van der Waals surface area contributed by atoms with Crippen LogP contribution in [0.3, 0.4) is 0 Å². The maximum Gasteiger partial charge on any atom is 0.252 e. The third-order valence-electron chi connectivity index (χ3n) is 6.64. The van der Waals surface area contributed by atoms with Crippen molar-refractivity contribution in [1.29, 1.82) is 0 Å². The van der Waals surface area contributed by atoms with E-state index in [0.717, 1.165) is 24.8 Å². The Balaban J connectivity index is 1.34. The number of carbonyl (C=O) groups excluding carboxylic acids is 1. The zero-order valence-electron chi connectivity index (χ0n) is 15.9. The molecule has 3 aliphatic heterocycles. The van der Waals surface area contributed by atoms with Gasteiger partial charge in [0.2, 0.25) is 5.13 Å². The Morgan fingerprint density at radius 1 is 1.29 bits per heavy atom. The quantitative estimate of drug-likeness (QED) is 0.850. The summed E-state index contributed by atoms with van der Waals surface area (Å²) in [4.78, 5) is 21.8. The average Bonchev–Trinajstić information content (AvgIpc) is 3.29. The highest BCUT2D eigenvalue weighted by Crippen LogP contribution is 2.42. The van der Waals surface area contributed by atoms with Crippen molar-refractivity contribution in [1.82, 2.24) is 25.4 Å². The Morgan fingerprint density at radius 3 is 3.04 bits per heavy atom. The number of nitrogens with one attached hydrogen (secondary N) is 1. The minimum absolute atomic E-state index is 0.0272. The maximum atomic E-state index is 12.6. The average molecular weight is 399 g/mol. The SMILES string of the molecule is O=C(NC[C@H]1[C@H]2C[C@H](CN(c3nncs3)C2)[C@@H]2CCCCN21)c1cccnc1. The number of pyridine rings is 1. The van der Waals surface area contributed by atoms with Crippen LogP contribution >= 0.6 is 11.3 Å². The van der Waals surface area contributed by atoms with Gasteiger partial charge in [0.15, 0.2) is 0 Å². The summed E-state index contributed by atoms with van der Waals surface area (Å²) in [6.07, 6.45) is 8.44. The van der Waals surface area contributed by atoms with Gasteiger partial charge < -0.3 is 10.2 Å². The molecule has 7 nitrogen and oxygen atoms in total. The molecule has 3 aliphatic rings. The van der Waals surface area contributed by atoms with Crippen molar-refractivity contribution >= 4 is 22.4 Å². The predicted octanol–water partition coefficient (Wildman–Crippen LogP) is 2.04. The second-order valence-electron chi connectivity index (χ2n) is 8.20. The van der Waals surface area contributed by atoms with Crippen LogP contribution in [0.15, 0.2) is 30.0 Å². The van der Waals surface area contributed by atoms with Gasteiger partial charge in [-0.1, -0.05) is 17.8 Å². The van der Waals surface area contributed by atoms with Gasteiger partial charge in [-0.25, -0.2) is 0 Å². The van der Waals surface area contributed by atoms with Crippen LogP contribution in [-0.4, -0.2) is 64.3 Å². The molecule has 5 heterocycles. The van der Waals surface area contributed by atoms with Crippen LogP contribution in [0.25, 0.3) is 0 Å². The zero-order chi connectivity index (χ0) is 18.9. The van der Waals surface area contributed by atoms with Crippen molar-refractivity contribution in [3.8, 4) is 0 Å². The largest absolute Gasteiger partial charge is 0.350 e. The number of fused-ring (bicyclic) bond motifs is 4. The molecule has 3 fully saturated rings. The highest BCUT2D eigenvalue weighted by Gasteiger charge is 2.47. The van der Waals surface area contributed by atoms with E-state index in [2.05, 4.69) is 30.3 Å². The van der Waals surface area contributed by atoms with Gasteiger partial charge in [-0.3, -0.25) is 14.7 Å². The minimum Gasteiger partial charge on any atom is -0.350 e. The molecule has 0 saturated carbocycles. The third kappa shape index (κ3) is 3.39. The Kier molecular flexibility index (Phi) is 4.98. The number of rotatable bonds is 4. The van der Waals surface area contributed by atoms with Crippen LogP contribution in [0.4, 0.5) is 5.13 Å². The Morgan fingerprint density at radius 2 is 2.21 bits per heavy atom. The van der Waals surface area contributed by atoms with Gasteiger partial charge >= 0.3 is 0 Å². The molecule has 2 bridgehead atoms. The molecule has 2 aromatic heterocycles. The maximum absolute atomic E-state index is 12.6. The highest BCUT2D eigenvalue weighted by atomic mass is 32.1. The lowest BCUT2D eigenvalue weighted by Gasteiger charge is -2.56. The van der Waals surface area contributed by atoms with E-state index in [1.807, 2.05) is 17.6 Å². The molecule has 3 saturated heterocycles. The lowest BCUT2D eigenvalue weighted by Crippen LogP contribution is -2.65. The number of amides is 1. The van der Waals surface area contributed by atoms with Gasteiger partial charge in [-0.15, -0.1) is 10.2 Å². The van der Waals surface area contributed by atoms with Crippen molar-refractivity contribution in [2.75, 3.05) is 31.1 Å². The number of aromatic nitrogens is 3. The van der Waals surface area contributed by atoms with E-state index in [0.29, 0.717) is 36.0 Å². The number of piperidine rings is 3. The molecule has 8 heteroatoms. The van der Waals surface area contributed by atoms with Crippen molar-refractivity contribution in [2.45, 2.75) is 37.8 Å². The van der Waals surface area contributed by atoms with Gasteiger partial charge in [-0.2, -0.15) is 0 Å². The minimum atomic E-state index is -0.0272. The Labute approximate surface area is 169 Å². The summed E-state index contributed by atoms with van der Waals surface area (Å²) < 4.78 is 0. The molecule has 1 amide bonds. The topological polar surface area (TPSA) is 74.2 Å².